The number of aryl methyl sites for hydroxylation is 3. The van der Waals surface area contributed by atoms with E-state index >= 15 is 0 Å². The minimum Gasteiger partial charge on any atom is -0.508 e. The summed E-state index contributed by atoms with van der Waals surface area (Å²) in [5, 5.41) is 26.9. The van der Waals surface area contributed by atoms with Crippen LogP contribution in [0.15, 0.2) is 156 Å². The first-order valence-electron chi connectivity index (χ1n) is 38.9. The standard InChI is InChI=1S/C24H26N4O5.C23H25N5O.C22H16ClF2N3O2.C17H20N4O3/c1-14(15-6-8-16(29)9-7-15)21(24(32)33-2)27-20(30)11-10-19-26-18-5-3-4-17-22(18)28(19)13-12-25-23(17)31;1-15-4-2-5-16(10-15)28-13-17-11-18(28)12-26(17)14-21-25-20-7-3-6-19-22(20)27(21)9-8-24-23(19)29;1-22(24,25)12-5-6-15(23)14(11-12)17-7-8-18(30-17)20-27-16-4-2-3-13-19(16)28(20)10-9-26-21(13)29;1-2-11(22)10-19-15(23)7-6-14-20-13-5-3-4-12-16(13)21(14)9-8-18-17(12)24/h3-9,14,21,29H,10-13H2,1-2H3,(H,25,31)(H,27,30);2-7,10,17-18H,8-9,11-14H2,1H3,(H,24,29);2-8,11H,9-10H2,1H3,(H,26,29);3-5H,2,6-10H2,1H3,(H,18,24)(H,19,23). The Morgan fingerprint density at radius 2 is 1.10 bits per heavy atom. The zero-order chi connectivity index (χ0) is 81.2. The normalized spacial score (nSPS) is 16.5. The number of nitrogens with zero attached hydrogens (tertiary/aromatic N) is 10. The monoisotopic (exact) mass is 1590 g/mol. The fourth-order valence-corrected chi connectivity index (χ4v) is 16.4. The van der Waals surface area contributed by atoms with Gasteiger partial charge in [-0.3, -0.25) is 38.5 Å². The number of rotatable bonds is 19. The third kappa shape index (κ3) is 16.3. The molecule has 0 radical (unpaired) electrons. The number of nitrogens with one attached hydrogen (secondary N) is 6. The predicted octanol–water partition coefficient (Wildman–Crippen LogP) is 10.7. The molecule has 6 aliphatic rings. The second-order valence-electron chi connectivity index (χ2n) is 29.7. The van der Waals surface area contributed by atoms with Gasteiger partial charge in [0.05, 0.1) is 91.6 Å². The van der Waals surface area contributed by atoms with Crippen molar-refractivity contribution in [3.05, 3.63) is 213 Å². The molecule has 598 valence electrons. The van der Waals surface area contributed by atoms with E-state index in [2.05, 4.69) is 92.4 Å². The molecule has 116 heavy (non-hydrogen) atoms. The number of furan rings is 1. The SMILES string of the molecule is CC(F)(F)c1ccc(Cl)c(-c2ccc(-c3nc4cccc5c4n3CCNC5=O)o2)c1.CCC(=O)CNC(=O)CCc1nc2cccc3c2n1CCNC3=O.COC(=O)C(NC(=O)CCc1nc2cccc3c2n1CCNC3=O)C(C)c1ccc(O)cc1.Cc1cccc(N2CC3CC2CN3Cc2nc3cccc4c3n2CCNC4=O)c1. The summed E-state index contributed by atoms with van der Waals surface area (Å²) in [6.07, 6.45) is 2.84. The number of hydrogen-bond donors (Lipinski definition) is 7. The van der Waals surface area contributed by atoms with Crippen molar-refractivity contribution in [1.29, 1.82) is 0 Å². The van der Waals surface area contributed by atoms with Crippen LogP contribution < -0.4 is 36.8 Å². The fourth-order valence-electron chi connectivity index (χ4n) is 16.2. The van der Waals surface area contributed by atoms with Crippen molar-refractivity contribution in [3.8, 4) is 28.7 Å². The van der Waals surface area contributed by atoms with Crippen molar-refractivity contribution < 1.29 is 61.4 Å². The van der Waals surface area contributed by atoms with E-state index in [4.69, 9.17) is 25.7 Å². The number of carbonyl (C=O) groups is 8. The van der Waals surface area contributed by atoms with Crippen LogP contribution >= 0.6 is 11.6 Å². The topological polar surface area (TPSA) is 329 Å². The summed E-state index contributed by atoms with van der Waals surface area (Å²) in [7, 11) is 1.28. The Balaban J connectivity index is 0.000000122. The number of carbonyl (C=O) groups excluding carboxylic acids is 8. The van der Waals surface area contributed by atoms with Crippen molar-refractivity contribution >= 4 is 109 Å². The van der Waals surface area contributed by atoms with Gasteiger partial charge in [-0.05, 0) is 122 Å². The molecule has 5 aromatic heterocycles. The van der Waals surface area contributed by atoms with Crippen LogP contribution in [0, 0.1) is 6.92 Å². The van der Waals surface area contributed by atoms with Gasteiger partial charge in [-0.1, -0.05) is 80.0 Å². The van der Waals surface area contributed by atoms with Crippen molar-refractivity contribution in [3.63, 3.8) is 0 Å². The number of anilines is 1. The third-order valence-electron chi connectivity index (χ3n) is 22.1. The lowest BCUT2D eigenvalue weighted by atomic mass is 9.93. The van der Waals surface area contributed by atoms with Gasteiger partial charge in [0, 0.05) is 139 Å². The molecule has 0 saturated carbocycles. The van der Waals surface area contributed by atoms with E-state index in [1.807, 2.05) is 63.1 Å². The Morgan fingerprint density at radius 3 is 1.62 bits per heavy atom. The molecule has 2 saturated heterocycles. The maximum atomic E-state index is 13.8. The molecule has 6 aliphatic heterocycles. The highest BCUT2D eigenvalue weighted by molar-refractivity contribution is 6.33. The highest BCUT2D eigenvalue weighted by Gasteiger charge is 2.44. The van der Waals surface area contributed by atoms with Crippen molar-refractivity contribution in [2.45, 2.75) is 129 Å². The largest absolute Gasteiger partial charge is 0.508 e. The lowest BCUT2D eigenvalue weighted by Crippen LogP contribution is -2.46. The summed E-state index contributed by atoms with van der Waals surface area (Å²) in [4.78, 5) is 121. The van der Waals surface area contributed by atoms with E-state index in [0.717, 1.165) is 89.0 Å². The molecule has 4 unspecified atom stereocenters. The second-order valence-corrected chi connectivity index (χ2v) is 30.1. The van der Waals surface area contributed by atoms with E-state index in [1.54, 1.807) is 61.5 Å². The molecule has 11 heterocycles. The number of esters is 1. The Hall–Kier alpha value is -12.6. The van der Waals surface area contributed by atoms with Crippen LogP contribution in [-0.2, 0) is 75.4 Å². The number of benzene rings is 7. The smallest absolute Gasteiger partial charge is 0.328 e. The van der Waals surface area contributed by atoms with Gasteiger partial charge in [-0.2, -0.15) is 0 Å². The number of halogens is 3. The van der Waals surface area contributed by atoms with Gasteiger partial charge in [-0.15, -0.1) is 0 Å². The number of hydrogen-bond acceptors (Lipinski definition) is 17. The second kappa shape index (κ2) is 33.4. The number of para-hydroxylation sites is 4. The fraction of sp³-hybridized carbons (Fsp3) is 0.326. The van der Waals surface area contributed by atoms with Gasteiger partial charge in [0.15, 0.2) is 17.4 Å². The van der Waals surface area contributed by atoms with Gasteiger partial charge in [-0.25, -0.2) is 33.5 Å². The summed E-state index contributed by atoms with van der Waals surface area (Å²) in [6.45, 7) is 14.3. The number of piperazine rings is 1. The number of Topliss-reactive ketones (excluding diaryl/α,β-unsaturated/α-hetero) is 1. The zero-order valence-electron chi connectivity index (χ0n) is 64.6. The van der Waals surface area contributed by atoms with E-state index in [1.165, 1.54) is 55.1 Å². The molecule has 0 aliphatic carbocycles. The molecular weight excluding hydrogens is 1510 g/mol. The molecule has 27 nitrogen and oxygen atoms in total. The van der Waals surface area contributed by atoms with Crippen LogP contribution in [0.25, 0.3) is 67.0 Å². The van der Waals surface area contributed by atoms with Crippen molar-refractivity contribution in [2.24, 2.45) is 0 Å². The maximum absolute atomic E-state index is 13.8. The average molecular weight is 1590 g/mol. The number of phenolic OH excluding ortho intramolecular Hbond substituents is 1. The molecule has 12 aromatic rings. The van der Waals surface area contributed by atoms with Gasteiger partial charge in [0.1, 0.15) is 35.0 Å². The van der Waals surface area contributed by atoms with Crippen LogP contribution in [0.4, 0.5) is 14.5 Å². The van der Waals surface area contributed by atoms with E-state index in [0.29, 0.717) is 139 Å². The first kappa shape index (κ1) is 78.6. The lowest BCUT2D eigenvalue weighted by Gasteiger charge is -2.35. The van der Waals surface area contributed by atoms with Gasteiger partial charge in [0.25, 0.3) is 29.6 Å². The molecule has 4 atom stereocenters. The summed E-state index contributed by atoms with van der Waals surface area (Å²) in [6, 6.07) is 45.2. The van der Waals surface area contributed by atoms with Crippen LogP contribution in [0.5, 0.6) is 5.75 Å². The third-order valence-corrected chi connectivity index (χ3v) is 22.4. The summed E-state index contributed by atoms with van der Waals surface area (Å²) in [5.74, 6) is -0.631. The number of likely N-dealkylation sites (tertiary alicyclic amines) is 1. The number of methoxy groups -OCH3 is 1. The quantitative estimate of drug-likeness (QED) is 0.0370. The maximum Gasteiger partial charge on any atom is 0.328 e. The number of alkyl halides is 2. The first-order valence-corrected chi connectivity index (χ1v) is 39.2. The average Bonchev–Trinajstić information content (AvgIpc) is 1.62. The number of aromatic hydroxyl groups is 1. The Morgan fingerprint density at radius 1 is 0.603 bits per heavy atom. The predicted molar refractivity (Wildman–Crippen MR) is 433 cm³/mol. The minimum absolute atomic E-state index is 0.00910. The number of fused-ring (bicyclic) bond motifs is 2. The molecule has 2 fully saturated rings. The minimum atomic E-state index is -2.99. The van der Waals surface area contributed by atoms with Gasteiger partial charge >= 0.3 is 5.97 Å². The van der Waals surface area contributed by atoms with E-state index < -0.39 is 17.9 Å². The van der Waals surface area contributed by atoms with E-state index in [9.17, 15) is 52.2 Å². The highest BCUT2D eigenvalue weighted by atomic mass is 35.5. The Labute approximate surface area is 670 Å². The first-order chi connectivity index (χ1) is 56.0. The molecule has 7 N–H and O–H groups in total. The van der Waals surface area contributed by atoms with Crippen molar-refractivity contribution in [1.82, 2.24) is 75.0 Å². The Bertz CT molecular complexity index is 5840. The molecule has 30 heteroatoms. The van der Waals surface area contributed by atoms with E-state index in [-0.39, 0.29) is 77.8 Å². The van der Waals surface area contributed by atoms with Crippen molar-refractivity contribution in [2.75, 3.05) is 57.8 Å². The zero-order valence-corrected chi connectivity index (χ0v) is 65.4. The van der Waals surface area contributed by atoms with Gasteiger partial charge < -0.3 is 69.3 Å². The number of ketones is 1. The number of imidazole rings is 4. The number of phenols is 1. The Kier molecular flexibility index (Phi) is 22.7. The summed E-state index contributed by atoms with van der Waals surface area (Å²) in [5.41, 5.74) is 12.6. The number of ether oxygens (including phenoxy) is 1. The molecule has 7 aromatic carbocycles. The lowest BCUT2D eigenvalue weighted by molar-refractivity contribution is -0.145. The number of aromatic nitrogens is 8. The molecule has 0 spiro atoms. The molecular formula is C86H87ClF2N16O11. The summed E-state index contributed by atoms with van der Waals surface area (Å²) < 4.78 is 46.6. The van der Waals surface area contributed by atoms with Gasteiger partial charge in [0.2, 0.25) is 11.8 Å². The van der Waals surface area contributed by atoms with Crippen LogP contribution in [0.2, 0.25) is 5.02 Å². The van der Waals surface area contributed by atoms with Crippen LogP contribution in [0.3, 0.4) is 0 Å². The molecule has 2 bridgehead atoms. The van der Waals surface area contributed by atoms with Crippen LogP contribution in [-0.4, -0.2) is 166 Å². The summed E-state index contributed by atoms with van der Waals surface area (Å²) >= 11 is 6.25. The van der Waals surface area contributed by atoms with Crippen LogP contribution in [0.1, 0.15) is 128 Å². The highest BCUT2D eigenvalue weighted by Crippen LogP contribution is 2.40. The molecule has 6 amide bonds. The molecule has 18 rings (SSSR count). The number of amides is 6.